The second-order valence-electron chi connectivity index (χ2n) is 7.58. The van der Waals surface area contributed by atoms with E-state index < -0.39 is 60.5 Å². The zero-order chi connectivity index (χ0) is 24.7. The molecule has 1 heterocycles. The van der Waals surface area contributed by atoms with Gasteiger partial charge in [-0.1, -0.05) is 0 Å². The molecule has 0 saturated heterocycles. The van der Waals surface area contributed by atoms with Crippen LogP contribution in [0.1, 0.15) is 42.0 Å². The number of halogens is 7. The van der Waals surface area contributed by atoms with Gasteiger partial charge >= 0.3 is 12.4 Å². The summed E-state index contributed by atoms with van der Waals surface area (Å²) in [7, 11) is -3.30. The van der Waals surface area contributed by atoms with E-state index in [9.17, 15) is 43.9 Å². The van der Waals surface area contributed by atoms with Crippen molar-refractivity contribution >= 4 is 15.7 Å². The van der Waals surface area contributed by atoms with Crippen LogP contribution < -0.4 is 0 Å². The Balaban J connectivity index is 2.21. The van der Waals surface area contributed by atoms with Gasteiger partial charge in [0.15, 0.2) is 15.5 Å². The molecule has 0 atom stereocenters. The summed E-state index contributed by atoms with van der Waals surface area (Å²) in [5.74, 6) is -2.32. The first kappa shape index (κ1) is 25.6. The standard InChI is InChI=1S/C18H18F7N3O3S/c1-16(2,32(30,31)12-7-10(17(20,21)22)6-11(19)8-12)4-5-28(3)15(29)13-9-14(27-26-13)18(23,24)25/h6-9H,4-5H2,1-3H3,(H,26,27). The fraction of sp³-hybridized carbons (Fsp3) is 0.444. The Bertz CT molecular complexity index is 1110. The van der Waals surface area contributed by atoms with Gasteiger partial charge in [-0.25, -0.2) is 12.8 Å². The molecule has 1 aromatic heterocycles. The van der Waals surface area contributed by atoms with Crippen LogP contribution in [0.3, 0.4) is 0 Å². The summed E-state index contributed by atoms with van der Waals surface area (Å²) in [5.41, 5.74) is -3.28. The van der Waals surface area contributed by atoms with E-state index in [0.717, 1.165) is 4.90 Å². The second kappa shape index (κ2) is 8.37. The fourth-order valence-corrected chi connectivity index (χ4v) is 4.19. The highest BCUT2D eigenvalue weighted by atomic mass is 32.2. The van der Waals surface area contributed by atoms with Gasteiger partial charge in [0.1, 0.15) is 11.5 Å². The molecule has 0 unspecified atom stereocenters. The van der Waals surface area contributed by atoms with Gasteiger partial charge in [0.05, 0.1) is 15.2 Å². The maximum absolute atomic E-state index is 13.7. The summed E-state index contributed by atoms with van der Waals surface area (Å²) in [4.78, 5) is 12.3. The number of aromatic amines is 1. The van der Waals surface area contributed by atoms with Gasteiger partial charge in [-0.3, -0.25) is 9.89 Å². The molecule has 0 radical (unpaired) electrons. The molecule has 178 valence electrons. The molecule has 14 heteroatoms. The first-order valence-electron chi connectivity index (χ1n) is 8.87. The van der Waals surface area contributed by atoms with E-state index in [1.54, 1.807) is 5.10 Å². The number of alkyl halides is 6. The summed E-state index contributed by atoms with van der Waals surface area (Å²) in [5, 5.41) is 4.96. The summed E-state index contributed by atoms with van der Waals surface area (Å²) >= 11 is 0. The molecule has 0 aliphatic rings. The highest BCUT2D eigenvalue weighted by Gasteiger charge is 2.39. The lowest BCUT2D eigenvalue weighted by molar-refractivity contribution is -0.141. The van der Waals surface area contributed by atoms with Crippen molar-refractivity contribution in [3.05, 3.63) is 47.0 Å². The molecule has 1 N–H and O–H groups in total. The summed E-state index contributed by atoms with van der Waals surface area (Å²) < 4.78 is 114. The zero-order valence-electron chi connectivity index (χ0n) is 16.9. The van der Waals surface area contributed by atoms with Gasteiger partial charge in [0.2, 0.25) is 0 Å². The molecule has 0 aliphatic carbocycles. The van der Waals surface area contributed by atoms with Crippen LogP contribution in [-0.4, -0.2) is 47.8 Å². The van der Waals surface area contributed by atoms with E-state index in [2.05, 4.69) is 5.10 Å². The minimum atomic E-state index is -4.97. The minimum Gasteiger partial charge on any atom is -0.340 e. The molecule has 2 aromatic rings. The molecule has 6 nitrogen and oxygen atoms in total. The lowest BCUT2D eigenvalue weighted by Gasteiger charge is -2.27. The molecular formula is C18H18F7N3O3S. The van der Waals surface area contributed by atoms with E-state index in [1.165, 1.54) is 20.9 Å². The van der Waals surface area contributed by atoms with Gasteiger partial charge < -0.3 is 4.90 Å². The third kappa shape index (κ3) is 5.40. The lowest BCUT2D eigenvalue weighted by Crippen LogP contribution is -2.38. The number of H-pyrrole nitrogens is 1. The smallest absolute Gasteiger partial charge is 0.340 e. The first-order valence-corrected chi connectivity index (χ1v) is 10.3. The molecule has 1 aromatic carbocycles. The number of rotatable bonds is 6. The number of hydrogen-bond acceptors (Lipinski definition) is 4. The summed E-state index contributed by atoms with van der Waals surface area (Å²) in [6.07, 6.45) is -10.0. The molecule has 0 saturated carbocycles. The zero-order valence-corrected chi connectivity index (χ0v) is 17.7. The highest BCUT2D eigenvalue weighted by Crippen LogP contribution is 2.35. The minimum absolute atomic E-state index is 0.164. The predicted octanol–water partition coefficient (Wildman–Crippen LogP) is 4.30. The maximum atomic E-state index is 13.7. The van der Waals surface area contributed by atoms with E-state index in [1.807, 2.05) is 0 Å². The van der Waals surface area contributed by atoms with Crippen LogP contribution in [0.5, 0.6) is 0 Å². The van der Waals surface area contributed by atoms with Gasteiger partial charge in [-0.2, -0.15) is 31.4 Å². The molecule has 1 amide bonds. The fourth-order valence-electron chi connectivity index (χ4n) is 2.65. The van der Waals surface area contributed by atoms with Gasteiger partial charge in [-0.15, -0.1) is 0 Å². The van der Waals surface area contributed by atoms with E-state index in [0.29, 0.717) is 18.2 Å². The van der Waals surface area contributed by atoms with Crippen LogP contribution in [0.4, 0.5) is 30.7 Å². The largest absolute Gasteiger partial charge is 0.432 e. The average Bonchev–Trinajstić information content (AvgIpc) is 3.14. The van der Waals surface area contributed by atoms with Crippen molar-refractivity contribution in [3.63, 3.8) is 0 Å². The third-order valence-corrected chi connectivity index (χ3v) is 7.25. The Kier molecular flexibility index (Phi) is 6.70. The number of amides is 1. The van der Waals surface area contributed by atoms with Crippen molar-refractivity contribution in [1.82, 2.24) is 15.1 Å². The molecular weight excluding hydrogens is 471 g/mol. The molecule has 0 fully saturated rings. The normalized spacial score (nSPS) is 13.3. The van der Waals surface area contributed by atoms with Gasteiger partial charge in [-0.05, 0) is 38.5 Å². The van der Waals surface area contributed by atoms with Crippen LogP contribution in [0.25, 0.3) is 0 Å². The van der Waals surface area contributed by atoms with E-state index >= 15 is 0 Å². The lowest BCUT2D eigenvalue weighted by atomic mass is 10.1. The SMILES string of the molecule is CN(CCC(C)(C)S(=O)(=O)c1cc(F)cc(C(F)(F)F)c1)C(=O)c1cc(C(F)(F)F)[nH]n1. The number of nitrogens with one attached hydrogen (secondary N) is 1. The van der Waals surface area contributed by atoms with E-state index in [-0.39, 0.29) is 19.0 Å². The molecule has 2 rings (SSSR count). The van der Waals surface area contributed by atoms with Crippen molar-refractivity contribution < 1.29 is 43.9 Å². The van der Waals surface area contributed by atoms with Crippen LogP contribution in [0.15, 0.2) is 29.2 Å². The summed E-state index contributed by atoms with van der Waals surface area (Å²) in [6, 6.07) is 1.44. The van der Waals surface area contributed by atoms with Crippen molar-refractivity contribution in [2.45, 2.75) is 42.3 Å². The average molecular weight is 489 g/mol. The number of nitrogens with zero attached hydrogens (tertiary/aromatic N) is 2. The third-order valence-electron chi connectivity index (χ3n) is 4.73. The van der Waals surface area contributed by atoms with Crippen LogP contribution >= 0.6 is 0 Å². The van der Waals surface area contributed by atoms with Gasteiger partial charge in [0, 0.05) is 19.7 Å². The number of benzene rings is 1. The Hall–Kier alpha value is -2.64. The first-order chi connectivity index (χ1) is 14.4. The van der Waals surface area contributed by atoms with Gasteiger partial charge in [0.25, 0.3) is 5.91 Å². The maximum Gasteiger partial charge on any atom is 0.432 e. The number of sulfone groups is 1. The topological polar surface area (TPSA) is 83.1 Å². The quantitative estimate of drug-likeness (QED) is 0.614. The van der Waals surface area contributed by atoms with Crippen LogP contribution in [-0.2, 0) is 22.2 Å². The molecule has 0 bridgehead atoms. The van der Waals surface area contributed by atoms with Crippen molar-refractivity contribution in [1.29, 1.82) is 0 Å². The number of hydrogen-bond donors (Lipinski definition) is 1. The van der Waals surface area contributed by atoms with Crippen LogP contribution in [0.2, 0.25) is 0 Å². The second-order valence-corrected chi connectivity index (χ2v) is 10.2. The molecule has 0 aliphatic heterocycles. The van der Waals surface area contributed by atoms with E-state index in [4.69, 9.17) is 0 Å². The predicted molar refractivity (Wildman–Crippen MR) is 97.8 cm³/mol. The Morgan fingerprint density at radius 2 is 1.62 bits per heavy atom. The molecule has 0 spiro atoms. The Labute approximate surface area is 178 Å². The van der Waals surface area contributed by atoms with Crippen molar-refractivity contribution in [3.8, 4) is 0 Å². The van der Waals surface area contributed by atoms with Crippen molar-refractivity contribution in [2.24, 2.45) is 0 Å². The summed E-state index contributed by atoms with van der Waals surface area (Å²) in [6.45, 7) is 2.06. The van der Waals surface area contributed by atoms with Crippen LogP contribution in [0, 0.1) is 5.82 Å². The van der Waals surface area contributed by atoms with Crippen molar-refractivity contribution in [2.75, 3.05) is 13.6 Å². The molecule has 32 heavy (non-hydrogen) atoms. The Morgan fingerprint density at radius 1 is 1.03 bits per heavy atom. The number of carbonyl (C=O) groups excluding carboxylic acids is 1. The highest BCUT2D eigenvalue weighted by molar-refractivity contribution is 7.92. The number of aromatic nitrogens is 2. The monoisotopic (exact) mass is 489 g/mol. The Morgan fingerprint density at radius 3 is 2.12 bits per heavy atom. The number of carbonyl (C=O) groups is 1.